The number of esters is 1. The van der Waals surface area contributed by atoms with E-state index in [9.17, 15) is 50.7 Å². The number of terminal acetylenes is 2. The molecule has 2 aromatic heterocycles. The number of aliphatic hydroxyl groups is 2. The molecule has 840 valence electrons. The van der Waals surface area contributed by atoms with Gasteiger partial charge in [-0.05, 0) is 315 Å². The van der Waals surface area contributed by atoms with Gasteiger partial charge in [0.25, 0.3) is 0 Å². The molecule has 0 bridgehead atoms. The van der Waals surface area contributed by atoms with Gasteiger partial charge in [-0.3, -0.25) is 19.2 Å². The Bertz CT molecular complexity index is 4190. The second-order valence-corrected chi connectivity index (χ2v) is 76.2. The summed E-state index contributed by atoms with van der Waals surface area (Å²) in [7, 11) is -14.1. The van der Waals surface area contributed by atoms with Crippen LogP contribution in [0.25, 0.3) is 0 Å². The van der Waals surface area contributed by atoms with E-state index in [1.54, 1.807) is 59.6 Å². The number of nitrogens with zero attached hydrogens (tertiary/aromatic N) is 1. The zero-order valence-electron chi connectivity index (χ0n) is 95.8. The number of nitrogens with one attached hydrogen (secondary N) is 3. The van der Waals surface area contributed by atoms with Crippen LogP contribution < -0.4 is 5.69 Å². The number of ketones is 2. The quantitative estimate of drug-likeness (QED) is 0.0103. The van der Waals surface area contributed by atoms with Gasteiger partial charge in [-0.25, -0.2) is 9.78 Å². The van der Waals surface area contributed by atoms with E-state index in [1.165, 1.54) is 75.3 Å². The molecular weight excluding hydrogens is 1930 g/mol. The Balaban J connectivity index is 0.00000165. The number of methoxy groups -OCH3 is 1. The Hall–Kier alpha value is -4.68. The molecule has 7 atom stereocenters. The Morgan fingerprint density at radius 3 is 1.15 bits per heavy atom. The first-order valence-corrected chi connectivity index (χ1v) is 67.9. The highest BCUT2D eigenvalue weighted by Gasteiger charge is 2.57. The maximum absolute atomic E-state index is 12.5. The van der Waals surface area contributed by atoms with Crippen LogP contribution in [0.5, 0.6) is 0 Å². The predicted octanol–water partition coefficient (Wildman–Crippen LogP) is 32.4. The number of aldehydes is 1. The van der Waals surface area contributed by atoms with Gasteiger partial charge in [0.15, 0.2) is 33.3 Å². The summed E-state index contributed by atoms with van der Waals surface area (Å²) >= 11 is 0. The van der Waals surface area contributed by atoms with Crippen molar-refractivity contribution in [3.63, 3.8) is 0 Å². The van der Waals surface area contributed by atoms with Crippen LogP contribution in [0.4, 0.5) is 13.2 Å². The molecule has 28 heteroatoms. The highest BCUT2D eigenvalue weighted by Crippen LogP contribution is 2.50. The first-order valence-electron chi connectivity index (χ1n) is 55.8. The van der Waals surface area contributed by atoms with Gasteiger partial charge in [0.05, 0.1) is 25.5 Å². The molecule has 19 nitrogen and oxygen atoms in total. The lowest BCUT2D eigenvalue weighted by Crippen LogP contribution is -2.51. The minimum atomic E-state index is -5.53. The Labute approximate surface area is 889 Å². The summed E-state index contributed by atoms with van der Waals surface area (Å²) in [5, 5.41) is 18.6. The van der Waals surface area contributed by atoms with Gasteiger partial charge in [-0.1, -0.05) is 271 Å². The van der Waals surface area contributed by atoms with Crippen LogP contribution in [-0.2, 0) is 68.5 Å². The largest absolute Gasteiger partial charge is 0.522 e. The highest BCUT2D eigenvalue weighted by molar-refractivity contribution is 7.88. The summed E-state index contributed by atoms with van der Waals surface area (Å²) < 4.78 is 96.0. The van der Waals surface area contributed by atoms with Crippen molar-refractivity contribution in [1.29, 1.82) is 0 Å². The molecular formula is C117H215F3N4O15SSi5. The van der Waals surface area contributed by atoms with E-state index >= 15 is 0 Å². The first kappa shape index (κ1) is 140. The van der Waals surface area contributed by atoms with Crippen molar-refractivity contribution in [2.75, 3.05) is 40.1 Å². The third-order valence-electron chi connectivity index (χ3n) is 33.1. The third kappa shape index (κ3) is 44.7. The Morgan fingerprint density at radius 2 is 0.814 bits per heavy atom. The van der Waals surface area contributed by atoms with Crippen LogP contribution in [0.2, 0.25) is 83.1 Å². The summed E-state index contributed by atoms with van der Waals surface area (Å²) in [6.45, 7) is 72.2. The maximum atomic E-state index is 12.5. The molecule has 2 heterocycles. The van der Waals surface area contributed by atoms with E-state index < -0.39 is 63.3 Å². The van der Waals surface area contributed by atoms with Crippen LogP contribution in [0.3, 0.4) is 0 Å². The van der Waals surface area contributed by atoms with E-state index in [0.717, 1.165) is 191 Å². The number of carbonyl (C=O) groups is 4. The second kappa shape index (κ2) is 69.9. The standard InChI is InChI=1S/C19H38O4Si.C19H34OSi.C18H34O2Si.C17H34O2Si.C12H18N2O.C12H14N2.C10H21F3O3SSi.C8H14O2.2CH4/c1-13(2)24(14(3)4,15(5)6)23-11-10-16-8-9-18(20)17(12-16)19(21)22-7;1-8-18-10-9-11-19(14-18)12-13-20-21(15(2)3,16(4)5)17(6)7;1-14(2)21(15(3)4,16(5)6)20-11-10-17-8-7-9-18(12-17)13-19;1-13(2)20(14(3)4,15(5)6)19-12-11-16-7-9-17(18)10-8-16;1-2-9-4-3-5-10(6-9)7-11-8-13-12(15)14-11;1-2-10-4-3-5-11(6-10)7-12-8-13-9-14-12;1-7(2)18(8(3)4,9(5)6)16-17(14,15)10(11,12)13;9-6-5-7-1-3-8(10)4-2-7;;/h13-18,20H,8-12H2,1-7H3;1,10,15-17,19H,9,11-14H2,2-7H3;9,13-17H,7-8,10-12H2,1-6H3;13-16H,7-12H2,1-6H3;4,8,10H,2-3,5-7H2,1H3,(H2,13,14,15);1,4,8-9,11H,3,5-7H2,(H,13,14);7-9H,1-6H3;7,9H,1-6H2;2*1H4. The summed E-state index contributed by atoms with van der Waals surface area (Å²) in [6.07, 6.45) is 57.6. The molecule has 3 fully saturated rings. The number of hydrogen-bond acceptors (Lipinski definition) is 16. The number of aliphatic hydroxyl groups excluding tert-OH is 2. The SMILES string of the molecule is C.C.C#CC1=CCCC(CCO[Si](C(C)C)(C(C)C)C(C)C)C1.C#CC1=CCCC(Cc2cnc[nH]2)C1.CC(C)[Si](OCCC1CCC(=O)CC1)(C(C)C)C(C)C.CC(C)[Si](OCCC1CCC=C(C=O)C1)(C(C)C)C(C)C.CC(C)[Si](OS(=O)(=O)C(F)(F)F)(C(C)C)C(C)C.CCC1=CCCC(Cc2c[nH]c(=O)[nH]2)C1.COC(=O)C1CC(CCO[Si](C(C)C)(C(C)C)C(C)C)CCC1O.O=C1CCC(CCO)CC1. The average molecular weight is 2150 g/mol. The van der Waals surface area contributed by atoms with E-state index in [0.29, 0.717) is 120 Å². The normalized spacial score (nSPS) is 20.2. The number of allylic oxidation sites excluding steroid dienone is 8. The van der Waals surface area contributed by atoms with E-state index in [-0.39, 0.29) is 55.7 Å². The number of alkyl halides is 3. The molecule has 5 N–H and O–H groups in total. The molecule has 3 saturated carbocycles. The Kier molecular flexibility index (Phi) is 67.6. The van der Waals surface area contributed by atoms with E-state index in [2.05, 4.69) is 229 Å². The van der Waals surface area contributed by atoms with Crippen LogP contribution in [0.15, 0.2) is 70.1 Å². The van der Waals surface area contributed by atoms with Crippen molar-refractivity contribution in [2.24, 2.45) is 47.3 Å². The molecule has 9 rings (SSSR count). The van der Waals surface area contributed by atoms with Crippen molar-refractivity contribution in [1.82, 2.24) is 19.9 Å². The van der Waals surface area contributed by atoms with Gasteiger partial charge in [-0.2, -0.15) is 21.6 Å². The molecule has 0 spiro atoms. The monoisotopic (exact) mass is 2150 g/mol. The summed E-state index contributed by atoms with van der Waals surface area (Å²) in [4.78, 5) is 68.3. The average Bonchev–Trinajstić information content (AvgIpc) is 1.25. The fourth-order valence-corrected chi connectivity index (χ4v) is 55.9. The van der Waals surface area contributed by atoms with Gasteiger partial charge in [0, 0.05) is 82.5 Å². The maximum Gasteiger partial charge on any atom is 0.522 e. The second-order valence-electron chi connectivity index (χ2n) is 47.2. The molecule has 0 radical (unpaired) electrons. The summed E-state index contributed by atoms with van der Waals surface area (Å²) in [6, 6.07) is 0. The molecule has 7 aliphatic carbocycles. The van der Waals surface area contributed by atoms with Crippen molar-refractivity contribution in [3.05, 3.63) is 87.2 Å². The van der Waals surface area contributed by atoms with Gasteiger partial charge in [0.2, 0.25) is 8.32 Å². The molecule has 2 aromatic rings. The number of aromatic nitrogens is 4. The van der Waals surface area contributed by atoms with E-state index in [1.807, 2.05) is 6.20 Å². The molecule has 0 aliphatic heterocycles. The van der Waals surface area contributed by atoms with Crippen molar-refractivity contribution in [3.8, 4) is 24.7 Å². The highest BCUT2D eigenvalue weighted by atomic mass is 32.2. The van der Waals surface area contributed by atoms with Crippen LogP contribution in [0.1, 0.15) is 427 Å². The third-order valence-corrected chi connectivity index (χ3v) is 65.6. The van der Waals surface area contributed by atoms with E-state index in [4.69, 9.17) is 44.3 Å². The number of Topliss-reactive ketones (excluding diaryl/α,β-unsaturated/α-hetero) is 2. The van der Waals surface area contributed by atoms with Crippen LogP contribution >= 0.6 is 0 Å². The minimum Gasteiger partial charge on any atom is -0.469 e. The first-order chi connectivity index (χ1) is 66.9. The minimum absolute atomic E-state index is 0. The fourth-order valence-electron chi connectivity index (χ4n) is 25.8. The van der Waals surface area contributed by atoms with Crippen LogP contribution in [0, 0.1) is 72.0 Å². The van der Waals surface area contributed by atoms with Crippen molar-refractivity contribution < 1.29 is 77.3 Å². The molecule has 0 saturated heterocycles. The number of imidazole rings is 2. The predicted molar refractivity (Wildman–Crippen MR) is 615 cm³/mol. The van der Waals surface area contributed by atoms with Crippen molar-refractivity contribution >= 4 is 75.5 Å². The van der Waals surface area contributed by atoms with Gasteiger partial charge >= 0.3 is 27.3 Å². The molecule has 7 aliphatic rings. The zero-order chi connectivity index (χ0) is 109. The molecule has 0 amide bonds. The number of halogens is 3. The topological polar surface area (TPSA) is 276 Å². The van der Waals surface area contributed by atoms with Gasteiger partial charge < -0.3 is 51.5 Å². The van der Waals surface area contributed by atoms with Gasteiger partial charge in [0.1, 0.15) is 17.9 Å². The lowest BCUT2D eigenvalue weighted by molar-refractivity contribution is -0.152. The number of rotatable bonds is 42. The smallest absolute Gasteiger partial charge is 0.469 e. The number of carbonyl (C=O) groups excluding carboxylic acids is 4. The lowest BCUT2D eigenvalue weighted by Gasteiger charge is -2.42. The zero-order valence-corrected chi connectivity index (χ0v) is 102. The fraction of sp³-hybridized carbons (Fsp3) is 0.812. The summed E-state index contributed by atoms with van der Waals surface area (Å²) in [5.41, 5.74) is 8.78. The number of aromatic amines is 3. The van der Waals surface area contributed by atoms with Crippen LogP contribution in [-0.4, -0.2) is 156 Å². The number of hydrogen-bond donors (Lipinski definition) is 5. The Morgan fingerprint density at radius 1 is 0.469 bits per heavy atom. The van der Waals surface area contributed by atoms with Gasteiger partial charge in [-0.15, -0.1) is 12.8 Å². The molecule has 7 unspecified atom stereocenters. The summed E-state index contributed by atoms with van der Waals surface area (Å²) in [5.74, 6) is 10.3. The molecule has 0 aromatic carbocycles. The number of ether oxygens (including phenoxy) is 1. The lowest BCUT2D eigenvalue weighted by atomic mass is 9.78. The molecule has 145 heavy (non-hydrogen) atoms. The van der Waals surface area contributed by atoms with Crippen molar-refractivity contribution in [2.45, 2.75) is 523 Å². The number of H-pyrrole nitrogens is 3.